The molecule has 1 aliphatic rings. The molecule has 0 fully saturated rings. The van der Waals surface area contributed by atoms with Gasteiger partial charge < -0.3 is 4.74 Å². The van der Waals surface area contributed by atoms with Crippen molar-refractivity contribution in [2.45, 2.75) is 11.8 Å². The van der Waals surface area contributed by atoms with Crippen LogP contribution >= 0.6 is 11.8 Å². The van der Waals surface area contributed by atoms with Crippen LogP contribution in [0.1, 0.15) is 5.56 Å². The molecule has 1 aromatic heterocycles. The van der Waals surface area contributed by atoms with Crippen LogP contribution in [0.2, 0.25) is 0 Å². The molecule has 0 aromatic carbocycles. The number of thioether (sulfide) groups is 1. The summed E-state index contributed by atoms with van der Waals surface area (Å²) in [7, 11) is 0. The molecule has 2 heterocycles. The Hall–Kier alpha value is -0.700. The molecule has 0 bridgehead atoms. The Morgan fingerprint density at radius 1 is 1.64 bits per heavy atom. The lowest BCUT2D eigenvalue weighted by molar-refractivity contribution is 0.315. The summed E-state index contributed by atoms with van der Waals surface area (Å²) in [6, 6.07) is 2.12. The van der Waals surface area contributed by atoms with Crippen molar-refractivity contribution >= 4 is 11.8 Å². The Morgan fingerprint density at radius 2 is 2.55 bits per heavy atom. The number of nitrogens with zero attached hydrogens (tertiary/aromatic N) is 1. The first kappa shape index (κ1) is 6.98. The van der Waals surface area contributed by atoms with E-state index < -0.39 is 0 Å². The third kappa shape index (κ3) is 1.33. The Morgan fingerprint density at radius 3 is 3.45 bits per heavy atom. The van der Waals surface area contributed by atoms with Gasteiger partial charge in [-0.05, 0) is 18.6 Å². The summed E-state index contributed by atoms with van der Waals surface area (Å²) in [5.41, 5.74) is 1.20. The van der Waals surface area contributed by atoms with Crippen molar-refractivity contribution < 1.29 is 4.74 Å². The molecular formula is C8H9NOS. The van der Waals surface area contributed by atoms with Crippen LogP contribution in [0.25, 0.3) is 0 Å². The van der Waals surface area contributed by atoms with E-state index in [1.54, 1.807) is 0 Å². The minimum atomic E-state index is 0.785. The molecule has 0 aliphatic carbocycles. The molecule has 1 aromatic rings. The first-order valence-electron chi connectivity index (χ1n) is 3.58. The maximum absolute atomic E-state index is 5.35. The predicted octanol–water partition coefficient (Wildman–Crippen LogP) is 1.87. The van der Waals surface area contributed by atoms with Crippen molar-refractivity contribution in [3.8, 4) is 5.88 Å². The van der Waals surface area contributed by atoms with Crippen molar-refractivity contribution in [2.24, 2.45) is 0 Å². The van der Waals surface area contributed by atoms with Gasteiger partial charge in [0.2, 0.25) is 5.88 Å². The molecule has 2 nitrogen and oxygen atoms in total. The standard InChI is InChI=1S/C8H9NOS/c1-6-4-7-8(9-5-6)10-2-3-11-7/h4-5H,2-3H2,1H3. The Balaban J connectivity index is 2.43. The van der Waals surface area contributed by atoms with E-state index in [1.807, 2.05) is 24.9 Å². The molecule has 58 valence electrons. The predicted molar refractivity (Wildman–Crippen MR) is 45.2 cm³/mol. The van der Waals surface area contributed by atoms with Gasteiger partial charge in [-0.2, -0.15) is 0 Å². The zero-order chi connectivity index (χ0) is 7.68. The third-order valence-electron chi connectivity index (χ3n) is 1.53. The smallest absolute Gasteiger partial charge is 0.227 e. The molecule has 11 heavy (non-hydrogen) atoms. The van der Waals surface area contributed by atoms with Crippen molar-refractivity contribution in [1.82, 2.24) is 4.98 Å². The van der Waals surface area contributed by atoms with Crippen LogP contribution in [0, 0.1) is 6.92 Å². The van der Waals surface area contributed by atoms with Gasteiger partial charge in [0.15, 0.2) is 0 Å². The van der Waals surface area contributed by atoms with Crippen LogP contribution in [-0.4, -0.2) is 17.3 Å². The van der Waals surface area contributed by atoms with Gasteiger partial charge in [0, 0.05) is 11.9 Å². The molecule has 0 amide bonds. The topological polar surface area (TPSA) is 22.1 Å². The second-order valence-electron chi connectivity index (χ2n) is 2.51. The maximum atomic E-state index is 5.35. The molecule has 3 heteroatoms. The van der Waals surface area contributed by atoms with Crippen LogP contribution < -0.4 is 4.74 Å². The summed E-state index contributed by atoms with van der Waals surface area (Å²) in [5, 5.41) is 0. The Labute approximate surface area is 70.0 Å². The zero-order valence-electron chi connectivity index (χ0n) is 6.33. The van der Waals surface area contributed by atoms with E-state index in [-0.39, 0.29) is 0 Å². The van der Waals surface area contributed by atoms with Gasteiger partial charge in [0.25, 0.3) is 0 Å². The van der Waals surface area contributed by atoms with Gasteiger partial charge >= 0.3 is 0 Å². The van der Waals surface area contributed by atoms with Crippen molar-refractivity contribution in [3.05, 3.63) is 17.8 Å². The van der Waals surface area contributed by atoms with Crippen molar-refractivity contribution in [2.75, 3.05) is 12.4 Å². The highest BCUT2D eigenvalue weighted by molar-refractivity contribution is 7.99. The number of ether oxygens (including phenoxy) is 1. The fourth-order valence-electron chi connectivity index (χ4n) is 1.03. The summed E-state index contributed by atoms with van der Waals surface area (Å²) in [5.74, 6) is 1.84. The summed E-state index contributed by atoms with van der Waals surface area (Å²) in [4.78, 5) is 5.35. The van der Waals surface area contributed by atoms with Gasteiger partial charge in [0.05, 0.1) is 11.5 Å². The normalized spacial score (nSPS) is 15.4. The summed E-state index contributed by atoms with van der Waals surface area (Å²) in [6.07, 6.45) is 1.84. The highest BCUT2D eigenvalue weighted by Gasteiger charge is 2.10. The van der Waals surface area contributed by atoms with Crippen molar-refractivity contribution in [1.29, 1.82) is 0 Å². The molecule has 0 N–H and O–H groups in total. The number of rotatable bonds is 0. The van der Waals surface area contributed by atoms with E-state index in [1.165, 1.54) is 10.5 Å². The van der Waals surface area contributed by atoms with Gasteiger partial charge in [-0.3, -0.25) is 0 Å². The molecular weight excluding hydrogens is 158 g/mol. The minimum Gasteiger partial charge on any atom is -0.476 e. The number of aromatic nitrogens is 1. The number of hydrogen-bond donors (Lipinski definition) is 0. The third-order valence-corrected chi connectivity index (χ3v) is 2.51. The maximum Gasteiger partial charge on any atom is 0.227 e. The van der Waals surface area contributed by atoms with Crippen molar-refractivity contribution in [3.63, 3.8) is 0 Å². The Kier molecular flexibility index (Phi) is 1.74. The first-order chi connectivity index (χ1) is 5.36. The highest BCUT2D eigenvalue weighted by Crippen LogP contribution is 2.31. The number of fused-ring (bicyclic) bond motifs is 1. The largest absolute Gasteiger partial charge is 0.476 e. The number of hydrogen-bond acceptors (Lipinski definition) is 3. The summed E-state index contributed by atoms with van der Waals surface area (Å²) >= 11 is 1.82. The summed E-state index contributed by atoms with van der Waals surface area (Å²) in [6.45, 7) is 2.83. The molecule has 0 spiro atoms. The van der Waals surface area contributed by atoms with Crippen LogP contribution in [0.5, 0.6) is 5.88 Å². The van der Waals surface area contributed by atoms with E-state index in [0.717, 1.165) is 18.2 Å². The fraction of sp³-hybridized carbons (Fsp3) is 0.375. The average molecular weight is 167 g/mol. The average Bonchev–Trinajstić information content (AvgIpc) is 2.04. The van der Waals surface area contributed by atoms with Gasteiger partial charge in [-0.15, -0.1) is 11.8 Å². The molecule has 1 aliphatic heterocycles. The highest BCUT2D eigenvalue weighted by atomic mass is 32.2. The second kappa shape index (κ2) is 2.74. The lowest BCUT2D eigenvalue weighted by atomic mass is 10.3. The van der Waals surface area contributed by atoms with Gasteiger partial charge in [-0.25, -0.2) is 4.98 Å². The van der Waals surface area contributed by atoms with E-state index in [0.29, 0.717) is 0 Å². The number of aryl methyl sites for hydroxylation is 1. The number of pyridine rings is 1. The van der Waals surface area contributed by atoms with Crippen LogP contribution in [0.4, 0.5) is 0 Å². The van der Waals surface area contributed by atoms with Crippen LogP contribution in [0.15, 0.2) is 17.2 Å². The van der Waals surface area contributed by atoms with E-state index in [4.69, 9.17) is 4.74 Å². The minimum absolute atomic E-state index is 0.785. The molecule has 0 saturated carbocycles. The van der Waals surface area contributed by atoms with Crippen LogP contribution in [-0.2, 0) is 0 Å². The van der Waals surface area contributed by atoms with E-state index in [2.05, 4.69) is 11.1 Å². The van der Waals surface area contributed by atoms with E-state index in [9.17, 15) is 0 Å². The lowest BCUT2D eigenvalue weighted by Gasteiger charge is -2.14. The molecule has 0 radical (unpaired) electrons. The monoisotopic (exact) mass is 167 g/mol. The molecule has 0 unspecified atom stereocenters. The lowest BCUT2D eigenvalue weighted by Crippen LogP contribution is -2.07. The second-order valence-corrected chi connectivity index (χ2v) is 3.65. The molecule has 2 rings (SSSR count). The quantitative estimate of drug-likeness (QED) is 0.589. The summed E-state index contributed by atoms with van der Waals surface area (Å²) < 4.78 is 5.35. The fourth-order valence-corrected chi connectivity index (χ4v) is 1.92. The SMILES string of the molecule is Cc1cnc2c(c1)SCCO2. The zero-order valence-corrected chi connectivity index (χ0v) is 7.15. The van der Waals surface area contributed by atoms with Crippen LogP contribution in [0.3, 0.4) is 0 Å². The molecule has 0 saturated heterocycles. The van der Waals surface area contributed by atoms with Gasteiger partial charge in [-0.1, -0.05) is 0 Å². The van der Waals surface area contributed by atoms with E-state index >= 15 is 0 Å². The first-order valence-corrected chi connectivity index (χ1v) is 4.57. The Bertz CT molecular complexity index is 275. The van der Waals surface area contributed by atoms with Gasteiger partial charge in [0.1, 0.15) is 0 Å². The molecule has 0 atom stereocenters.